The number of hydrogen-bond donors (Lipinski definition) is 0. The second-order valence-electron chi connectivity index (χ2n) is 4.28. The summed E-state index contributed by atoms with van der Waals surface area (Å²) in [4.78, 5) is 35.9. The van der Waals surface area contributed by atoms with E-state index in [0.717, 1.165) is 11.0 Å². The fourth-order valence-electron chi connectivity index (χ4n) is 1.60. The van der Waals surface area contributed by atoms with E-state index in [0.29, 0.717) is 0 Å². The van der Waals surface area contributed by atoms with Crippen molar-refractivity contribution in [2.45, 2.75) is 6.92 Å². The van der Waals surface area contributed by atoms with Gasteiger partial charge in [0.15, 0.2) is 0 Å². The molecule has 0 saturated heterocycles. The molecule has 21 heavy (non-hydrogen) atoms. The second kappa shape index (κ2) is 7.37. The van der Waals surface area contributed by atoms with E-state index in [1.165, 1.54) is 33.3 Å². The van der Waals surface area contributed by atoms with Crippen molar-refractivity contribution in [3.05, 3.63) is 35.1 Å². The van der Waals surface area contributed by atoms with Gasteiger partial charge < -0.3 is 14.4 Å². The van der Waals surface area contributed by atoms with Crippen LogP contribution < -0.4 is 0 Å². The number of amides is 1. The molecule has 1 amide bonds. The highest BCUT2D eigenvalue weighted by atomic mass is 19.1. The Hall–Kier alpha value is -2.44. The highest BCUT2D eigenvalue weighted by Gasteiger charge is 2.22. The Labute approximate surface area is 121 Å². The molecule has 0 aliphatic carbocycles. The summed E-state index contributed by atoms with van der Waals surface area (Å²) in [6.07, 6.45) is 0. The Morgan fingerprint density at radius 3 is 2.05 bits per heavy atom. The van der Waals surface area contributed by atoms with E-state index in [1.807, 2.05) is 0 Å². The maximum absolute atomic E-state index is 13.2. The van der Waals surface area contributed by atoms with E-state index < -0.39 is 36.8 Å². The molecule has 0 saturated carbocycles. The standard InChI is InChI=1S/C14H16FNO5/c1-9-6-10(4-5-11(9)15)14(19)16(7-12(17)20-2)8-13(18)21-3/h4-6H,7-8H2,1-3H3. The molecule has 1 aromatic carbocycles. The number of halogens is 1. The summed E-state index contributed by atoms with van der Waals surface area (Å²) in [5.41, 5.74) is 0.457. The van der Waals surface area contributed by atoms with Gasteiger partial charge in [-0.25, -0.2) is 4.39 Å². The van der Waals surface area contributed by atoms with Crippen molar-refractivity contribution in [2.24, 2.45) is 0 Å². The van der Waals surface area contributed by atoms with Crippen molar-refractivity contribution in [3.8, 4) is 0 Å². The topological polar surface area (TPSA) is 72.9 Å². The van der Waals surface area contributed by atoms with Crippen molar-refractivity contribution in [1.82, 2.24) is 4.90 Å². The second-order valence-corrected chi connectivity index (χ2v) is 4.28. The molecule has 0 aliphatic heterocycles. The maximum atomic E-state index is 13.2. The van der Waals surface area contributed by atoms with Crippen LogP contribution in [0.2, 0.25) is 0 Å². The van der Waals surface area contributed by atoms with Crippen LogP contribution in [0.15, 0.2) is 18.2 Å². The van der Waals surface area contributed by atoms with E-state index >= 15 is 0 Å². The first-order chi connectivity index (χ1) is 9.88. The number of carbonyl (C=O) groups excluding carboxylic acids is 3. The molecule has 0 N–H and O–H groups in total. The number of benzene rings is 1. The van der Waals surface area contributed by atoms with Crippen molar-refractivity contribution >= 4 is 17.8 Å². The van der Waals surface area contributed by atoms with Crippen LogP contribution in [0, 0.1) is 12.7 Å². The van der Waals surface area contributed by atoms with Crippen molar-refractivity contribution in [1.29, 1.82) is 0 Å². The number of aryl methyl sites for hydroxylation is 1. The average molecular weight is 297 g/mol. The fourth-order valence-corrected chi connectivity index (χ4v) is 1.60. The van der Waals surface area contributed by atoms with Gasteiger partial charge in [-0.3, -0.25) is 14.4 Å². The van der Waals surface area contributed by atoms with Gasteiger partial charge in [0.2, 0.25) is 0 Å². The highest BCUT2D eigenvalue weighted by molar-refractivity contribution is 5.97. The smallest absolute Gasteiger partial charge is 0.325 e. The molecule has 1 aromatic rings. The lowest BCUT2D eigenvalue weighted by molar-refractivity contribution is -0.144. The first kappa shape index (κ1) is 16.6. The van der Waals surface area contributed by atoms with E-state index in [9.17, 15) is 18.8 Å². The maximum Gasteiger partial charge on any atom is 0.325 e. The molecular formula is C14H16FNO5. The summed E-state index contributed by atoms with van der Waals surface area (Å²) >= 11 is 0. The van der Waals surface area contributed by atoms with Crippen LogP contribution in [0.3, 0.4) is 0 Å². The van der Waals surface area contributed by atoms with Crippen molar-refractivity contribution in [2.75, 3.05) is 27.3 Å². The van der Waals surface area contributed by atoms with Crippen LogP contribution >= 0.6 is 0 Å². The van der Waals surface area contributed by atoms with E-state index in [4.69, 9.17) is 0 Å². The average Bonchev–Trinajstić information content (AvgIpc) is 2.48. The van der Waals surface area contributed by atoms with Gasteiger partial charge in [0.05, 0.1) is 14.2 Å². The summed E-state index contributed by atoms with van der Waals surface area (Å²) in [5.74, 6) is -2.38. The molecule has 1 rings (SSSR count). The number of hydrogen-bond acceptors (Lipinski definition) is 5. The van der Waals surface area contributed by atoms with E-state index in [1.54, 1.807) is 0 Å². The third-order valence-corrected chi connectivity index (χ3v) is 2.79. The summed E-state index contributed by atoms with van der Waals surface area (Å²) in [6.45, 7) is 0.707. The van der Waals surface area contributed by atoms with Gasteiger partial charge in [0.25, 0.3) is 5.91 Å². The van der Waals surface area contributed by atoms with Gasteiger partial charge in [-0.05, 0) is 30.7 Å². The lowest BCUT2D eigenvalue weighted by Crippen LogP contribution is -2.40. The molecule has 0 atom stereocenters. The minimum atomic E-state index is -0.675. The molecular weight excluding hydrogens is 281 g/mol. The Morgan fingerprint density at radius 1 is 1.10 bits per heavy atom. The molecule has 0 heterocycles. The van der Waals surface area contributed by atoms with Gasteiger partial charge in [-0.1, -0.05) is 0 Å². The van der Waals surface area contributed by atoms with E-state index in [-0.39, 0.29) is 11.1 Å². The Balaban J connectivity index is 2.99. The summed E-state index contributed by atoms with van der Waals surface area (Å²) in [7, 11) is 2.34. The molecule has 0 fully saturated rings. The molecule has 0 spiro atoms. The number of ether oxygens (including phenoxy) is 2. The minimum Gasteiger partial charge on any atom is -0.468 e. The van der Waals surface area contributed by atoms with Gasteiger partial charge >= 0.3 is 11.9 Å². The first-order valence-electron chi connectivity index (χ1n) is 6.08. The fraction of sp³-hybridized carbons (Fsp3) is 0.357. The Bertz CT molecular complexity index is 540. The molecule has 0 bridgehead atoms. The molecule has 0 aromatic heterocycles. The third-order valence-electron chi connectivity index (χ3n) is 2.79. The first-order valence-corrected chi connectivity index (χ1v) is 6.08. The van der Waals surface area contributed by atoms with Gasteiger partial charge in [0.1, 0.15) is 18.9 Å². The molecule has 0 aliphatic rings. The molecule has 7 heteroatoms. The largest absolute Gasteiger partial charge is 0.468 e. The normalized spacial score (nSPS) is 9.90. The predicted octanol–water partition coefficient (Wildman–Crippen LogP) is 0.922. The third kappa shape index (κ3) is 4.55. The van der Waals surface area contributed by atoms with Gasteiger partial charge in [-0.15, -0.1) is 0 Å². The quantitative estimate of drug-likeness (QED) is 0.756. The predicted molar refractivity (Wildman–Crippen MR) is 71.1 cm³/mol. The summed E-state index contributed by atoms with van der Waals surface area (Å²) in [6, 6.07) is 3.78. The Kier molecular flexibility index (Phi) is 5.83. The lowest BCUT2D eigenvalue weighted by atomic mass is 10.1. The number of nitrogens with zero attached hydrogens (tertiary/aromatic N) is 1. The van der Waals surface area contributed by atoms with Crippen molar-refractivity contribution < 1.29 is 28.2 Å². The number of esters is 2. The number of methoxy groups -OCH3 is 2. The van der Waals surface area contributed by atoms with Crippen LogP contribution in [0.5, 0.6) is 0 Å². The van der Waals surface area contributed by atoms with Crippen LogP contribution in [-0.2, 0) is 19.1 Å². The van der Waals surface area contributed by atoms with Crippen LogP contribution in [0.1, 0.15) is 15.9 Å². The zero-order chi connectivity index (χ0) is 16.0. The van der Waals surface area contributed by atoms with Crippen molar-refractivity contribution in [3.63, 3.8) is 0 Å². The zero-order valence-corrected chi connectivity index (χ0v) is 12.0. The summed E-state index contributed by atoms with van der Waals surface area (Å²) in [5, 5.41) is 0. The van der Waals surface area contributed by atoms with Gasteiger partial charge in [0, 0.05) is 5.56 Å². The van der Waals surface area contributed by atoms with Gasteiger partial charge in [-0.2, -0.15) is 0 Å². The van der Waals surface area contributed by atoms with E-state index in [2.05, 4.69) is 9.47 Å². The molecule has 114 valence electrons. The monoisotopic (exact) mass is 297 g/mol. The number of carbonyl (C=O) groups is 3. The van der Waals surface area contributed by atoms with Crippen LogP contribution in [-0.4, -0.2) is 50.1 Å². The molecule has 0 radical (unpaired) electrons. The zero-order valence-electron chi connectivity index (χ0n) is 12.0. The lowest BCUT2D eigenvalue weighted by Gasteiger charge is -2.20. The SMILES string of the molecule is COC(=O)CN(CC(=O)OC)C(=O)c1ccc(F)c(C)c1. The Morgan fingerprint density at radius 2 is 1.62 bits per heavy atom. The molecule has 0 unspecified atom stereocenters. The minimum absolute atomic E-state index is 0.168. The summed E-state index contributed by atoms with van der Waals surface area (Å²) < 4.78 is 22.2. The van der Waals surface area contributed by atoms with Crippen LogP contribution in [0.25, 0.3) is 0 Å². The highest BCUT2D eigenvalue weighted by Crippen LogP contribution is 2.12. The molecule has 6 nitrogen and oxygen atoms in total. The van der Waals surface area contributed by atoms with Crippen LogP contribution in [0.4, 0.5) is 4.39 Å². The number of rotatable bonds is 5.